The molecular formula is C26H27FN6S. The van der Waals surface area contributed by atoms with E-state index in [9.17, 15) is 4.39 Å². The molecule has 0 spiro atoms. The number of benzene rings is 2. The predicted molar refractivity (Wildman–Crippen MR) is 141 cm³/mol. The number of nitrogens with two attached hydrogens (primary N) is 1. The second-order valence-electron chi connectivity index (χ2n) is 8.30. The monoisotopic (exact) mass is 474 g/mol. The second-order valence-corrected chi connectivity index (χ2v) is 9.18. The summed E-state index contributed by atoms with van der Waals surface area (Å²) in [6.07, 6.45) is 5.17. The lowest BCUT2D eigenvalue weighted by Gasteiger charge is -2.35. The molecule has 0 atom stereocenters. The Labute approximate surface area is 202 Å². The topological polar surface area (TPSA) is 70.3 Å². The lowest BCUT2D eigenvalue weighted by Crippen LogP contribution is -2.46. The van der Waals surface area contributed by atoms with E-state index in [1.165, 1.54) is 11.8 Å². The Bertz CT molecular complexity index is 1310. The van der Waals surface area contributed by atoms with E-state index in [-0.39, 0.29) is 5.82 Å². The van der Waals surface area contributed by atoms with E-state index in [1.807, 2.05) is 11.5 Å². The van der Waals surface area contributed by atoms with Crippen molar-refractivity contribution in [3.63, 3.8) is 0 Å². The second kappa shape index (κ2) is 9.79. The highest BCUT2D eigenvalue weighted by atomic mass is 32.1. The SMILES string of the molecule is CCN1CCN(c2ccc(Nc3ncnc4c(/C=C/c5ccc(N)cc5F)csc34)cc2)CC1. The summed E-state index contributed by atoms with van der Waals surface area (Å²) < 4.78 is 15.1. The Morgan fingerprint density at radius 3 is 2.53 bits per heavy atom. The fourth-order valence-electron chi connectivity index (χ4n) is 4.15. The van der Waals surface area contributed by atoms with Crippen LogP contribution in [0.1, 0.15) is 18.1 Å². The number of likely N-dealkylation sites (N-methyl/N-ethyl adjacent to an activating group) is 1. The van der Waals surface area contributed by atoms with Crippen LogP contribution >= 0.6 is 11.3 Å². The predicted octanol–water partition coefficient (Wildman–Crippen LogP) is 5.47. The molecule has 1 fully saturated rings. The third-order valence-electron chi connectivity index (χ3n) is 6.16. The van der Waals surface area contributed by atoms with Crippen LogP contribution in [0.25, 0.3) is 22.4 Å². The van der Waals surface area contributed by atoms with Crippen LogP contribution in [0, 0.1) is 5.82 Å². The van der Waals surface area contributed by atoms with Crippen molar-refractivity contribution >= 4 is 56.6 Å². The molecule has 0 saturated carbocycles. The van der Waals surface area contributed by atoms with Gasteiger partial charge in [-0.3, -0.25) is 0 Å². The summed E-state index contributed by atoms with van der Waals surface area (Å²) in [6, 6.07) is 13.2. The van der Waals surface area contributed by atoms with Gasteiger partial charge in [-0.25, -0.2) is 14.4 Å². The van der Waals surface area contributed by atoms with Crippen LogP contribution in [0.15, 0.2) is 54.2 Å². The highest BCUT2D eigenvalue weighted by Crippen LogP contribution is 2.32. The Balaban J connectivity index is 1.32. The lowest BCUT2D eigenvalue weighted by atomic mass is 10.1. The first kappa shape index (κ1) is 22.3. The van der Waals surface area contributed by atoms with Gasteiger partial charge < -0.3 is 20.9 Å². The average Bonchev–Trinajstić information content (AvgIpc) is 3.28. The zero-order valence-corrected chi connectivity index (χ0v) is 19.9. The van der Waals surface area contributed by atoms with E-state index in [0.29, 0.717) is 11.3 Å². The van der Waals surface area contributed by atoms with Gasteiger partial charge in [0.1, 0.15) is 12.1 Å². The number of hydrogen-bond acceptors (Lipinski definition) is 7. The molecule has 8 heteroatoms. The molecule has 1 aliphatic heterocycles. The maximum absolute atomic E-state index is 14.1. The van der Waals surface area contributed by atoms with Gasteiger partial charge in [0.05, 0.1) is 10.2 Å². The molecule has 0 aliphatic carbocycles. The number of nitrogen functional groups attached to an aromatic ring is 1. The third kappa shape index (κ3) is 4.73. The normalized spacial score (nSPS) is 14.8. The smallest absolute Gasteiger partial charge is 0.151 e. The Morgan fingerprint density at radius 2 is 1.79 bits per heavy atom. The van der Waals surface area contributed by atoms with Crippen LogP contribution in [0.3, 0.4) is 0 Å². The maximum atomic E-state index is 14.1. The molecule has 1 saturated heterocycles. The van der Waals surface area contributed by atoms with Crippen molar-refractivity contribution in [2.24, 2.45) is 0 Å². The maximum Gasteiger partial charge on any atom is 0.151 e. The first-order chi connectivity index (χ1) is 16.6. The van der Waals surface area contributed by atoms with Gasteiger partial charge in [-0.2, -0.15) is 0 Å². The molecule has 6 nitrogen and oxygen atoms in total. The van der Waals surface area contributed by atoms with Crippen molar-refractivity contribution in [3.05, 3.63) is 71.1 Å². The molecule has 3 N–H and O–H groups in total. The Hall–Kier alpha value is -3.49. The van der Waals surface area contributed by atoms with E-state index in [2.05, 4.69) is 56.3 Å². The summed E-state index contributed by atoms with van der Waals surface area (Å²) in [5.41, 5.74) is 10.5. The number of halogens is 1. The molecule has 1 aliphatic rings. The van der Waals surface area contributed by atoms with Gasteiger partial charge in [-0.05, 0) is 49.0 Å². The first-order valence-electron chi connectivity index (χ1n) is 11.4. The van der Waals surface area contributed by atoms with Crippen molar-refractivity contribution in [3.8, 4) is 0 Å². The minimum Gasteiger partial charge on any atom is -0.399 e. The number of nitrogens with zero attached hydrogens (tertiary/aromatic N) is 4. The van der Waals surface area contributed by atoms with Crippen molar-refractivity contribution in [1.29, 1.82) is 0 Å². The van der Waals surface area contributed by atoms with Gasteiger partial charge in [0.25, 0.3) is 0 Å². The molecular weight excluding hydrogens is 447 g/mol. The highest BCUT2D eigenvalue weighted by molar-refractivity contribution is 7.18. The standard InChI is InChI=1S/C26H27FN6S/c1-2-32-11-13-33(14-12-32)22-9-7-21(8-10-22)31-26-25-24(29-17-30-26)19(16-34-25)4-3-18-5-6-20(28)15-23(18)27/h3-10,15-17H,2,11-14,28H2,1H3,(H,29,30,31)/b4-3+. The minimum atomic E-state index is -0.344. The van der Waals surface area contributed by atoms with Crippen LogP contribution in [0.4, 0.5) is 27.3 Å². The molecule has 2 aromatic carbocycles. The molecule has 0 amide bonds. The largest absolute Gasteiger partial charge is 0.399 e. The minimum absolute atomic E-state index is 0.344. The van der Waals surface area contributed by atoms with Crippen LogP contribution in [0.5, 0.6) is 0 Å². The van der Waals surface area contributed by atoms with Crippen LogP contribution in [-0.2, 0) is 0 Å². The van der Waals surface area contributed by atoms with Crippen LogP contribution < -0.4 is 16.0 Å². The van der Waals surface area contributed by atoms with E-state index in [1.54, 1.807) is 35.9 Å². The summed E-state index contributed by atoms with van der Waals surface area (Å²) in [4.78, 5) is 13.8. The summed E-state index contributed by atoms with van der Waals surface area (Å²) in [5.74, 6) is 0.418. The van der Waals surface area contributed by atoms with Crippen LogP contribution in [0.2, 0.25) is 0 Å². The molecule has 3 heterocycles. The van der Waals surface area contributed by atoms with Crippen molar-refractivity contribution in [1.82, 2.24) is 14.9 Å². The number of aromatic nitrogens is 2. The molecule has 2 aromatic heterocycles. The van der Waals surface area contributed by atoms with Crippen LogP contribution in [-0.4, -0.2) is 47.6 Å². The molecule has 0 unspecified atom stereocenters. The third-order valence-corrected chi connectivity index (χ3v) is 7.16. The molecule has 0 radical (unpaired) electrons. The fraction of sp³-hybridized carbons (Fsp3) is 0.231. The first-order valence-corrected chi connectivity index (χ1v) is 12.3. The summed E-state index contributed by atoms with van der Waals surface area (Å²) in [6.45, 7) is 7.65. The van der Waals surface area contributed by atoms with E-state index in [0.717, 1.165) is 60.0 Å². The van der Waals surface area contributed by atoms with E-state index >= 15 is 0 Å². The quantitative estimate of drug-likeness (QED) is 0.361. The van der Waals surface area contributed by atoms with Gasteiger partial charge in [0, 0.05) is 59.7 Å². The molecule has 5 rings (SSSR count). The highest BCUT2D eigenvalue weighted by Gasteiger charge is 2.16. The molecule has 34 heavy (non-hydrogen) atoms. The summed E-state index contributed by atoms with van der Waals surface area (Å²) >= 11 is 1.56. The molecule has 174 valence electrons. The number of thiophene rings is 1. The lowest BCUT2D eigenvalue weighted by molar-refractivity contribution is 0.271. The number of piperazine rings is 1. The Morgan fingerprint density at radius 1 is 1.03 bits per heavy atom. The van der Waals surface area contributed by atoms with E-state index in [4.69, 9.17) is 5.73 Å². The molecule has 4 aromatic rings. The van der Waals surface area contributed by atoms with Gasteiger partial charge >= 0.3 is 0 Å². The number of nitrogens with one attached hydrogen (secondary N) is 1. The van der Waals surface area contributed by atoms with Gasteiger partial charge in [-0.1, -0.05) is 19.1 Å². The van der Waals surface area contributed by atoms with Gasteiger partial charge in [-0.15, -0.1) is 11.3 Å². The van der Waals surface area contributed by atoms with Crippen molar-refractivity contribution < 1.29 is 4.39 Å². The number of anilines is 4. The van der Waals surface area contributed by atoms with Crippen molar-refractivity contribution in [2.45, 2.75) is 6.92 Å². The summed E-state index contributed by atoms with van der Waals surface area (Å²) in [5, 5.41) is 5.44. The zero-order chi connectivity index (χ0) is 23.5. The zero-order valence-electron chi connectivity index (χ0n) is 19.0. The van der Waals surface area contributed by atoms with Gasteiger partial charge in [0.2, 0.25) is 0 Å². The number of fused-ring (bicyclic) bond motifs is 1. The Kier molecular flexibility index (Phi) is 6.42. The number of rotatable bonds is 6. The van der Waals surface area contributed by atoms with E-state index < -0.39 is 0 Å². The number of hydrogen-bond donors (Lipinski definition) is 2. The molecule has 0 bridgehead atoms. The average molecular weight is 475 g/mol. The fourth-order valence-corrected chi connectivity index (χ4v) is 5.08. The summed E-state index contributed by atoms with van der Waals surface area (Å²) in [7, 11) is 0. The van der Waals surface area contributed by atoms with Crippen molar-refractivity contribution in [2.75, 3.05) is 48.7 Å². The van der Waals surface area contributed by atoms with Gasteiger partial charge in [0.15, 0.2) is 5.82 Å².